The molecule has 3 rings (SSSR count). The van der Waals surface area contributed by atoms with E-state index in [4.69, 9.17) is 16.3 Å². The molecular weight excluding hydrogens is 328 g/mol. The summed E-state index contributed by atoms with van der Waals surface area (Å²) in [5.74, 6) is 0.298. The third kappa shape index (κ3) is 3.41. The molecule has 0 bridgehead atoms. The number of anilines is 1. The number of piperazine rings is 1. The van der Waals surface area contributed by atoms with Crippen LogP contribution in [0.1, 0.15) is 10.4 Å². The number of carbonyl (C=O) groups is 1. The largest absolute Gasteiger partial charge is 0.507 e. The number of phenolic OH excluding ortho intramolecular Hbond substituents is 1. The van der Waals surface area contributed by atoms with E-state index in [1.165, 1.54) is 13.2 Å². The topological polar surface area (TPSA) is 53.0 Å². The minimum absolute atomic E-state index is 0.0587. The summed E-state index contributed by atoms with van der Waals surface area (Å²) < 4.78 is 5.05. The molecule has 1 aliphatic rings. The first kappa shape index (κ1) is 16.5. The Morgan fingerprint density at radius 2 is 1.88 bits per heavy atom. The van der Waals surface area contributed by atoms with Gasteiger partial charge in [0.2, 0.25) is 0 Å². The Balaban J connectivity index is 1.67. The second kappa shape index (κ2) is 7.01. The van der Waals surface area contributed by atoms with Gasteiger partial charge in [-0.1, -0.05) is 17.7 Å². The van der Waals surface area contributed by atoms with Crippen molar-refractivity contribution in [1.82, 2.24) is 4.90 Å². The van der Waals surface area contributed by atoms with E-state index >= 15 is 0 Å². The Hall–Kier alpha value is -2.40. The molecule has 0 atom stereocenters. The smallest absolute Gasteiger partial charge is 0.257 e. The Morgan fingerprint density at radius 3 is 2.50 bits per heavy atom. The van der Waals surface area contributed by atoms with Crippen molar-refractivity contribution in [2.45, 2.75) is 0 Å². The van der Waals surface area contributed by atoms with Gasteiger partial charge in [-0.05, 0) is 30.3 Å². The molecule has 0 radical (unpaired) electrons. The second-order valence-electron chi connectivity index (χ2n) is 5.64. The van der Waals surface area contributed by atoms with Crippen molar-refractivity contribution < 1.29 is 14.6 Å². The first-order valence-corrected chi connectivity index (χ1v) is 8.13. The van der Waals surface area contributed by atoms with Gasteiger partial charge in [0, 0.05) is 43.0 Å². The Labute approximate surface area is 146 Å². The van der Waals surface area contributed by atoms with Crippen LogP contribution in [0.2, 0.25) is 5.02 Å². The third-order valence-corrected chi connectivity index (χ3v) is 4.41. The number of halogens is 1. The standard InChI is InChI=1S/C18H19ClN2O3/c1-24-15-5-6-16(17(22)12-15)18(23)21-9-7-20(8-10-21)14-4-2-3-13(19)11-14/h2-6,11-12,22H,7-10H2,1H3. The monoisotopic (exact) mass is 346 g/mol. The van der Waals surface area contributed by atoms with E-state index in [2.05, 4.69) is 4.90 Å². The molecule has 1 fully saturated rings. The van der Waals surface area contributed by atoms with Crippen LogP contribution in [0.25, 0.3) is 0 Å². The van der Waals surface area contributed by atoms with Crippen LogP contribution in [-0.4, -0.2) is 49.2 Å². The summed E-state index contributed by atoms with van der Waals surface area (Å²) in [6.45, 7) is 2.64. The fourth-order valence-electron chi connectivity index (χ4n) is 2.83. The van der Waals surface area contributed by atoms with E-state index in [-0.39, 0.29) is 11.7 Å². The van der Waals surface area contributed by atoms with Crippen molar-refractivity contribution >= 4 is 23.2 Å². The number of hydrogen-bond donors (Lipinski definition) is 1. The Morgan fingerprint density at radius 1 is 1.12 bits per heavy atom. The molecule has 2 aromatic carbocycles. The summed E-state index contributed by atoms with van der Waals surface area (Å²) in [6.07, 6.45) is 0. The van der Waals surface area contributed by atoms with Gasteiger partial charge in [-0.25, -0.2) is 0 Å². The third-order valence-electron chi connectivity index (χ3n) is 4.18. The lowest BCUT2D eigenvalue weighted by Gasteiger charge is -2.36. The fourth-order valence-corrected chi connectivity index (χ4v) is 3.01. The Bertz CT molecular complexity index is 743. The van der Waals surface area contributed by atoms with Crippen molar-refractivity contribution in [3.63, 3.8) is 0 Å². The first-order chi connectivity index (χ1) is 11.6. The zero-order chi connectivity index (χ0) is 17.1. The predicted molar refractivity (Wildman–Crippen MR) is 94.2 cm³/mol. The average molecular weight is 347 g/mol. The van der Waals surface area contributed by atoms with E-state index in [0.29, 0.717) is 29.4 Å². The second-order valence-corrected chi connectivity index (χ2v) is 6.08. The summed E-state index contributed by atoms with van der Waals surface area (Å²) in [5.41, 5.74) is 1.36. The maximum Gasteiger partial charge on any atom is 0.257 e. The number of amides is 1. The molecular formula is C18H19ClN2O3. The van der Waals surface area contributed by atoms with E-state index in [1.54, 1.807) is 17.0 Å². The molecule has 0 unspecified atom stereocenters. The lowest BCUT2D eigenvalue weighted by Crippen LogP contribution is -2.48. The number of nitrogens with zero attached hydrogens (tertiary/aromatic N) is 2. The van der Waals surface area contributed by atoms with Crippen LogP contribution in [0.15, 0.2) is 42.5 Å². The minimum Gasteiger partial charge on any atom is -0.507 e. The molecule has 1 heterocycles. The summed E-state index contributed by atoms with van der Waals surface area (Å²) in [6, 6.07) is 12.4. The number of carbonyl (C=O) groups excluding carboxylic acids is 1. The summed E-state index contributed by atoms with van der Waals surface area (Å²) in [5, 5.41) is 10.7. The molecule has 2 aromatic rings. The first-order valence-electron chi connectivity index (χ1n) is 7.75. The quantitative estimate of drug-likeness (QED) is 0.928. The molecule has 1 amide bonds. The van der Waals surface area contributed by atoms with Crippen molar-refractivity contribution in [3.05, 3.63) is 53.1 Å². The fraction of sp³-hybridized carbons (Fsp3) is 0.278. The molecule has 126 valence electrons. The van der Waals surface area contributed by atoms with Crippen LogP contribution in [0.3, 0.4) is 0 Å². The van der Waals surface area contributed by atoms with Crippen molar-refractivity contribution in [2.75, 3.05) is 38.2 Å². The molecule has 0 saturated carbocycles. The summed E-state index contributed by atoms with van der Waals surface area (Å²) >= 11 is 6.04. The Kier molecular flexibility index (Phi) is 4.81. The maximum atomic E-state index is 12.6. The molecule has 5 nitrogen and oxygen atoms in total. The number of methoxy groups -OCH3 is 1. The van der Waals surface area contributed by atoms with Crippen LogP contribution in [0.4, 0.5) is 5.69 Å². The van der Waals surface area contributed by atoms with Gasteiger partial charge in [0.15, 0.2) is 0 Å². The van der Waals surface area contributed by atoms with E-state index in [0.717, 1.165) is 18.8 Å². The van der Waals surface area contributed by atoms with E-state index < -0.39 is 0 Å². The van der Waals surface area contributed by atoms with Gasteiger partial charge in [0.25, 0.3) is 5.91 Å². The van der Waals surface area contributed by atoms with Crippen molar-refractivity contribution in [3.8, 4) is 11.5 Å². The minimum atomic E-state index is -0.166. The molecule has 0 aliphatic carbocycles. The number of rotatable bonds is 3. The maximum absolute atomic E-state index is 12.6. The average Bonchev–Trinajstić information content (AvgIpc) is 2.61. The van der Waals surface area contributed by atoms with Gasteiger partial charge in [0.1, 0.15) is 11.5 Å². The van der Waals surface area contributed by atoms with Crippen LogP contribution in [0, 0.1) is 0 Å². The summed E-state index contributed by atoms with van der Waals surface area (Å²) in [4.78, 5) is 16.6. The van der Waals surface area contributed by atoms with Crippen LogP contribution >= 0.6 is 11.6 Å². The van der Waals surface area contributed by atoms with E-state index in [1.807, 2.05) is 24.3 Å². The molecule has 0 spiro atoms. The molecule has 1 N–H and O–H groups in total. The highest BCUT2D eigenvalue weighted by molar-refractivity contribution is 6.30. The van der Waals surface area contributed by atoms with Gasteiger partial charge in [-0.2, -0.15) is 0 Å². The number of hydrogen-bond acceptors (Lipinski definition) is 4. The highest BCUT2D eigenvalue weighted by Gasteiger charge is 2.24. The normalized spacial score (nSPS) is 14.6. The van der Waals surface area contributed by atoms with Crippen molar-refractivity contribution in [1.29, 1.82) is 0 Å². The molecule has 1 aliphatic heterocycles. The molecule has 6 heteroatoms. The molecule has 1 saturated heterocycles. The highest BCUT2D eigenvalue weighted by Crippen LogP contribution is 2.26. The SMILES string of the molecule is COc1ccc(C(=O)N2CCN(c3cccc(Cl)c3)CC2)c(O)c1. The number of aromatic hydroxyl groups is 1. The lowest BCUT2D eigenvalue weighted by atomic mass is 10.1. The number of benzene rings is 2. The van der Waals surface area contributed by atoms with Gasteiger partial charge in [-0.3, -0.25) is 4.79 Å². The molecule has 24 heavy (non-hydrogen) atoms. The number of ether oxygens (including phenoxy) is 1. The summed E-state index contributed by atoms with van der Waals surface area (Å²) in [7, 11) is 1.52. The predicted octanol–water partition coefficient (Wildman–Crippen LogP) is 3.02. The molecule has 0 aromatic heterocycles. The van der Waals surface area contributed by atoms with Gasteiger partial charge < -0.3 is 19.6 Å². The van der Waals surface area contributed by atoms with Crippen LogP contribution < -0.4 is 9.64 Å². The van der Waals surface area contributed by atoms with E-state index in [9.17, 15) is 9.90 Å². The lowest BCUT2D eigenvalue weighted by molar-refractivity contribution is 0.0743. The van der Waals surface area contributed by atoms with Crippen LogP contribution in [-0.2, 0) is 0 Å². The van der Waals surface area contributed by atoms with Gasteiger partial charge in [-0.15, -0.1) is 0 Å². The van der Waals surface area contributed by atoms with Gasteiger partial charge >= 0.3 is 0 Å². The van der Waals surface area contributed by atoms with Crippen molar-refractivity contribution in [2.24, 2.45) is 0 Å². The zero-order valence-electron chi connectivity index (χ0n) is 13.4. The van der Waals surface area contributed by atoms with Crippen LogP contribution in [0.5, 0.6) is 11.5 Å². The number of phenols is 1. The zero-order valence-corrected chi connectivity index (χ0v) is 14.2. The van der Waals surface area contributed by atoms with Gasteiger partial charge in [0.05, 0.1) is 12.7 Å². The highest BCUT2D eigenvalue weighted by atomic mass is 35.5.